The molecule has 1 saturated heterocycles. The van der Waals surface area contributed by atoms with Gasteiger partial charge in [0.05, 0.1) is 13.2 Å². The molecule has 396 valence electrons. The van der Waals surface area contributed by atoms with Crippen LogP contribution in [0.1, 0.15) is 193 Å². The van der Waals surface area contributed by atoms with Gasteiger partial charge in [-0.2, -0.15) is 9.29 Å². The van der Waals surface area contributed by atoms with Crippen molar-refractivity contribution in [1.29, 1.82) is 0 Å². The van der Waals surface area contributed by atoms with Crippen LogP contribution in [-0.2, 0) is 51.1 Å². The van der Waals surface area contributed by atoms with E-state index in [1.54, 1.807) is 12.2 Å². The Bertz CT molecular complexity index is 1810. The summed E-state index contributed by atoms with van der Waals surface area (Å²) in [5.74, 6) is -1.23. The molecular formula is C48H83N3O16P2. The number of nitrogen functional groups attached to an aromatic ring is 1. The van der Waals surface area contributed by atoms with Crippen molar-refractivity contribution in [3.8, 4) is 0 Å². The molecule has 19 nitrogen and oxygen atoms in total. The fourth-order valence-electron chi connectivity index (χ4n) is 7.53. The quantitative estimate of drug-likeness (QED) is 0.0134. The van der Waals surface area contributed by atoms with Gasteiger partial charge >= 0.3 is 33.3 Å². The zero-order valence-electron chi connectivity index (χ0n) is 41.1. The summed E-state index contributed by atoms with van der Waals surface area (Å²) in [6.45, 7) is 1.98. The number of hydrogen-bond donors (Lipinski definition) is 5. The molecule has 0 bridgehead atoms. The van der Waals surface area contributed by atoms with Gasteiger partial charge in [0, 0.05) is 25.5 Å². The third-order valence-electron chi connectivity index (χ3n) is 11.5. The lowest BCUT2D eigenvalue weighted by Crippen LogP contribution is -2.36. The van der Waals surface area contributed by atoms with Gasteiger partial charge in [0.15, 0.2) is 18.1 Å². The Balaban J connectivity index is 1.82. The number of aromatic nitrogens is 2. The number of ketones is 1. The van der Waals surface area contributed by atoms with Crippen LogP contribution < -0.4 is 11.4 Å². The van der Waals surface area contributed by atoms with Crippen molar-refractivity contribution < 1.29 is 71.1 Å². The van der Waals surface area contributed by atoms with Crippen LogP contribution in [-0.4, -0.2) is 91.5 Å². The predicted molar refractivity (Wildman–Crippen MR) is 262 cm³/mol. The number of carbonyl (C=O) groups is 3. The number of carbonyl (C=O) groups excluding carboxylic acids is 3. The SMILES string of the molecule is CCCCCCCCCCCCCCCCCC(=O)OC[C@H](COP(=O)(O)OP(=O)(O)OC[C@H]1O[C@@H](n2ccc(N)nc2=O)[C@H](O)[C@@H]1O)OC(=O)CCCCCCC/C=C\C=C\C(=O)CCCCC. The topological polar surface area (TPSA) is 283 Å². The number of esters is 2. The molecule has 2 rings (SSSR count). The number of ether oxygens (including phenoxy) is 3. The van der Waals surface area contributed by atoms with Crippen LogP contribution in [0.15, 0.2) is 41.4 Å². The van der Waals surface area contributed by atoms with Gasteiger partial charge in [-0.1, -0.05) is 154 Å². The van der Waals surface area contributed by atoms with E-state index in [-0.39, 0.29) is 24.4 Å². The first-order valence-corrected chi connectivity index (χ1v) is 28.3. The van der Waals surface area contributed by atoms with Crippen LogP contribution >= 0.6 is 15.6 Å². The maximum atomic E-state index is 12.8. The van der Waals surface area contributed by atoms with E-state index in [1.807, 2.05) is 12.2 Å². The number of rotatable bonds is 42. The van der Waals surface area contributed by atoms with E-state index in [4.69, 9.17) is 29.0 Å². The van der Waals surface area contributed by atoms with Crippen LogP contribution in [0.2, 0.25) is 0 Å². The maximum absolute atomic E-state index is 12.8. The van der Waals surface area contributed by atoms with Crippen molar-refractivity contribution in [1.82, 2.24) is 9.55 Å². The third-order valence-corrected chi connectivity index (χ3v) is 14.1. The zero-order chi connectivity index (χ0) is 50.8. The molecule has 0 aromatic carbocycles. The fourth-order valence-corrected chi connectivity index (χ4v) is 9.64. The van der Waals surface area contributed by atoms with Crippen molar-refractivity contribution >= 4 is 39.2 Å². The zero-order valence-corrected chi connectivity index (χ0v) is 42.9. The maximum Gasteiger partial charge on any atom is 0.481 e. The first-order valence-electron chi connectivity index (χ1n) is 25.3. The lowest BCUT2D eigenvalue weighted by Gasteiger charge is -2.21. The highest BCUT2D eigenvalue weighted by Gasteiger charge is 2.46. The molecule has 21 heteroatoms. The fraction of sp³-hybridized carbons (Fsp3) is 0.771. The second kappa shape index (κ2) is 36.8. The summed E-state index contributed by atoms with van der Waals surface area (Å²) in [5, 5.41) is 20.9. The molecule has 2 heterocycles. The van der Waals surface area contributed by atoms with Crippen LogP contribution in [0.25, 0.3) is 0 Å². The highest BCUT2D eigenvalue weighted by atomic mass is 31.3. The van der Waals surface area contributed by atoms with Crippen LogP contribution in [0, 0.1) is 0 Å². The van der Waals surface area contributed by atoms with E-state index >= 15 is 0 Å². The second-order valence-corrected chi connectivity index (χ2v) is 20.8. The Morgan fingerprint density at radius 2 is 1.25 bits per heavy atom. The Kier molecular flexibility index (Phi) is 33.1. The van der Waals surface area contributed by atoms with Crippen LogP contribution in [0.4, 0.5) is 5.82 Å². The monoisotopic (exact) mass is 1020 g/mol. The number of phosphoric ester groups is 2. The van der Waals surface area contributed by atoms with E-state index in [1.165, 1.54) is 70.3 Å². The Morgan fingerprint density at radius 3 is 1.84 bits per heavy atom. The molecule has 1 aliphatic heterocycles. The van der Waals surface area contributed by atoms with Gasteiger partial charge < -0.3 is 39.9 Å². The first kappa shape index (κ1) is 62.0. The number of aliphatic hydroxyl groups excluding tert-OH is 2. The summed E-state index contributed by atoms with van der Waals surface area (Å²) in [6, 6.07) is 1.24. The molecule has 0 amide bonds. The van der Waals surface area contributed by atoms with Crippen molar-refractivity contribution in [2.75, 3.05) is 25.6 Å². The largest absolute Gasteiger partial charge is 0.481 e. The van der Waals surface area contributed by atoms with E-state index in [2.05, 4.69) is 23.1 Å². The van der Waals surface area contributed by atoms with Gasteiger partial charge in [0.25, 0.3) is 0 Å². The summed E-state index contributed by atoms with van der Waals surface area (Å²) in [6.07, 6.45) is 26.7. The number of phosphoric acid groups is 2. The summed E-state index contributed by atoms with van der Waals surface area (Å²) in [7, 11) is -10.9. The van der Waals surface area contributed by atoms with E-state index in [0.29, 0.717) is 19.3 Å². The number of anilines is 1. The number of hydrogen-bond acceptors (Lipinski definition) is 16. The predicted octanol–water partition coefficient (Wildman–Crippen LogP) is 9.40. The minimum Gasteiger partial charge on any atom is -0.462 e. The molecule has 2 unspecified atom stereocenters. The van der Waals surface area contributed by atoms with Crippen LogP contribution in [0.5, 0.6) is 0 Å². The molecule has 0 spiro atoms. The minimum absolute atomic E-state index is 0.00163. The number of nitrogens with two attached hydrogens (primary N) is 1. The molecule has 0 aliphatic carbocycles. The lowest BCUT2D eigenvalue weighted by molar-refractivity contribution is -0.161. The summed E-state index contributed by atoms with van der Waals surface area (Å²) >= 11 is 0. The van der Waals surface area contributed by atoms with Gasteiger partial charge in [0.1, 0.15) is 30.7 Å². The Hall–Kier alpha value is -3.09. The molecule has 6 N–H and O–H groups in total. The molecule has 1 aromatic rings. The van der Waals surface area contributed by atoms with Crippen LogP contribution in [0.3, 0.4) is 0 Å². The van der Waals surface area contributed by atoms with Gasteiger partial charge in [-0.05, 0) is 44.2 Å². The number of aliphatic hydroxyl groups is 2. The first-order chi connectivity index (χ1) is 33.1. The number of nitrogens with zero attached hydrogens (tertiary/aromatic N) is 2. The minimum atomic E-state index is -5.44. The molecule has 7 atom stereocenters. The highest BCUT2D eigenvalue weighted by molar-refractivity contribution is 7.61. The molecule has 0 saturated carbocycles. The summed E-state index contributed by atoms with van der Waals surface area (Å²) in [5.41, 5.74) is 4.58. The molecule has 69 heavy (non-hydrogen) atoms. The molecule has 1 aliphatic rings. The number of unbranched alkanes of at least 4 members (excludes halogenated alkanes) is 21. The smallest absolute Gasteiger partial charge is 0.462 e. The van der Waals surface area contributed by atoms with Crippen molar-refractivity contribution in [2.24, 2.45) is 0 Å². The molecular weight excluding hydrogens is 936 g/mol. The van der Waals surface area contributed by atoms with Crippen molar-refractivity contribution in [2.45, 2.75) is 218 Å². The molecule has 1 aromatic heterocycles. The summed E-state index contributed by atoms with van der Waals surface area (Å²) in [4.78, 5) is 73.7. The third kappa shape index (κ3) is 29.8. The van der Waals surface area contributed by atoms with Crippen molar-refractivity contribution in [3.63, 3.8) is 0 Å². The average Bonchev–Trinajstić information content (AvgIpc) is 3.58. The van der Waals surface area contributed by atoms with E-state index in [0.717, 1.165) is 87.8 Å². The average molecular weight is 1020 g/mol. The standard InChI is InChI=1S/C48H83N3O16P2/c1-3-5-7-8-9-10-11-12-13-14-15-18-21-24-28-32-43(53)62-36-40(65-44(54)33-29-25-22-19-16-17-20-23-27-31-39(52)30-26-6-4-2)37-63-68(58,59)67-69(60,61)64-38-41-45(55)46(56)47(66-41)51-35-34-42(49)50-48(51)57/h20,23,27,31,34-35,40-41,45-47,55-56H,3-19,21-22,24-26,28-30,32-33,36-38H2,1-2H3,(H,58,59)(H,60,61)(H2,49,50,57)/b23-20-,31-27+/t40-,41-,45-,46-,47-/m1/s1. The van der Waals surface area contributed by atoms with Gasteiger partial charge in [-0.3, -0.25) is 28.0 Å². The second-order valence-electron chi connectivity index (χ2n) is 17.7. The Labute approximate surface area is 409 Å². The normalized spacial score (nSPS) is 19.4. The van der Waals surface area contributed by atoms with E-state index in [9.17, 15) is 48.3 Å². The summed E-state index contributed by atoms with van der Waals surface area (Å²) < 4.78 is 56.7. The molecule has 1 fully saturated rings. The van der Waals surface area contributed by atoms with Gasteiger partial charge in [0.2, 0.25) is 0 Å². The molecule has 0 radical (unpaired) electrons. The van der Waals surface area contributed by atoms with Crippen molar-refractivity contribution in [3.05, 3.63) is 47.1 Å². The Morgan fingerprint density at radius 1 is 0.725 bits per heavy atom. The van der Waals surface area contributed by atoms with Gasteiger partial charge in [-0.15, -0.1) is 0 Å². The lowest BCUT2D eigenvalue weighted by atomic mass is 10.0. The number of allylic oxidation sites excluding steroid dienone is 4. The highest BCUT2D eigenvalue weighted by Crippen LogP contribution is 2.60. The van der Waals surface area contributed by atoms with E-state index < -0.39 is 83.7 Å². The van der Waals surface area contributed by atoms with Gasteiger partial charge in [-0.25, -0.2) is 13.9 Å².